The summed E-state index contributed by atoms with van der Waals surface area (Å²) in [6.45, 7) is 6.52. The maximum absolute atomic E-state index is 12.5. The first-order valence-corrected chi connectivity index (χ1v) is 9.93. The van der Waals surface area contributed by atoms with Crippen molar-refractivity contribution in [2.24, 2.45) is 0 Å². The van der Waals surface area contributed by atoms with E-state index in [1.54, 1.807) is 30.3 Å². The van der Waals surface area contributed by atoms with Gasteiger partial charge in [0.15, 0.2) is 17.3 Å². The lowest BCUT2D eigenvalue weighted by molar-refractivity contribution is 0.0992. The number of hydrogen-bond acceptors (Lipinski definition) is 6. The standard InChI is InChI=1S/C23H24N2O5/c1-3-25(4-2)17-7-5-16(6-8-17)24-23(26)21-12-10-19(30-21)14-27-18-9-11-20-22(13-18)29-15-28-20/h5-13H,3-4,14-15H2,1-2H3,(H,24,26). The molecule has 2 aromatic carbocycles. The van der Waals surface area contributed by atoms with E-state index in [4.69, 9.17) is 18.6 Å². The van der Waals surface area contributed by atoms with Crippen molar-refractivity contribution in [3.05, 3.63) is 66.1 Å². The van der Waals surface area contributed by atoms with Crippen LogP contribution in [0.3, 0.4) is 0 Å². The Labute approximate surface area is 175 Å². The lowest BCUT2D eigenvalue weighted by Gasteiger charge is -2.21. The maximum Gasteiger partial charge on any atom is 0.291 e. The molecule has 1 N–H and O–H groups in total. The van der Waals surface area contributed by atoms with Gasteiger partial charge in [-0.15, -0.1) is 0 Å². The number of benzene rings is 2. The van der Waals surface area contributed by atoms with E-state index in [1.807, 2.05) is 24.3 Å². The number of anilines is 2. The fourth-order valence-electron chi connectivity index (χ4n) is 3.24. The highest BCUT2D eigenvalue weighted by molar-refractivity contribution is 6.02. The number of nitrogens with one attached hydrogen (secondary N) is 1. The Kier molecular flexibility index (Phi) is 5.79. The van der Waals surface area contributed by atoms with Crippen LogP contribution in [0.2, 0.25) is 0 Å². The second-order valence-corrected chi connectivity index (χ2v) is 6.74. The molecule has 7 nitrogen and oxygen atoms in total. The molecule has 0 spiro atoms. The second-order valence-electron chi connectivity index (χ2n) is 6.74. The SMILES string of the molecule is CCN(CC)c1ccc(NC(=O)c2ccc(COc3ccc4c(c3)OCO4)o2)cc1. The second kappa shape index (κ2) is 8.82. The molecule has 0 atom stereocenters. The summed E-state index contributed by atoms with van der Waals surface area (Å²) in [7, 11) is 0. The smallest absolute Gasteiger partial charge is 0.291 e. The molecule has 3 aromatic rings. The summed E-state index contributed by atoms with van der Waals surface area (Å²) in [6.07, 6.45) is 0. The number of fused-ring (bicyclic) bond motifs is 1. The molecule has 0 bridgehead atoms. The van der Waals surface area contributed by atoms with Crippen molar-refractivity contribution in [2.75, 3.05) is 30.1 Å². The van der Waals surface area contributed by atoms with Crippen molar-refractivity contribution in [1.29, 1.82) is 0 Å². The normalized spacial score (nSPS) is 11.9. The van der Waals surface area contributed by atoms with Gasteiger partial charge in [-0.2, -0.15) is 0 Å². The summed E-state index contributed by atoms with van der Waals surface area (Å²) in [4.78, 5) is 14.7. The van der Waals surface area contributed by atoms with E-state index >= 15 is 0 Å². The van der Waals surface area contributed by atoms with Crippen LogP contribution in [0.4, 0.5) is 11.4 Å². The molecule has 0 unspecified atom stereocenters. The fraction of sp³-hybridized carbons (Fsp3) is 0.261. The molecule has 1 aliphatic rings. The lowest BCUT2D eigenvalue weighted by atomic mass is 10.2. The minimum absolute atomic E-state index is 0.200. The van der Waals surface area contributed by atoms with Gasteiger partial charge in [-0.3, -0.25) is 4.79 Å². The Bertz CT molecular complexity index is 1010. The van der Waals surface area contributed by atoms with E-state index in [0.717, 1.165) is 18.8 Å². The molecule has 7 heteroatoms. The zero-order chi connectivity index (χ0) is 20.9. The van der Waals surface area contributed by atoms with E-state index in [-0.39, 0.29) is 25.1 Å². The molecule has 0 radical (unpaired) electrons. The Morgan fingerprint density at radius 2 is 1.77 bits per heavy atom. The zero-order valence-corrected chi connectivity index (χ0v) is 17.0. The van der Waals surface area contributed by atoms with E-state index < -0.39 is 0 Å². The van der Waals surface area contributed by atoms with Gasteiger partial charge in [0.2, 0.25) is 6.79 Å². The average Bonchev–Trinajstić information content (AvgIpc) is 3.43. The Hall–Kier alpha value is -3.61. The van der Waals surface area contributed by atoms with Gasteiger partial charge < -0.3 is 28.8 Å². The molecule has 156 valence electrons. The maximum atomic E-state index is 12.5. The van der Waals surface area contributed by atoms with Crippen LogP contribution in [-0.2, 0) is 6.61 Å². The van der Waals surface area contributed by atoms with Crippen molar-refractivity contribution in [3.63, 3.8) is 0 Å². The van der Waals surface area contributed by atoms with Gasteiger partial charge in [0.1, 0.15) is 18.1 Å². The lowest BCUT2D eigenvalue weighted by Crippen LogP contribution is -2.21. The number of nitrogens with zero attached hydrogens (tertiary/aromatic N) is 1. The van der Waals surface area contributed by atoms with Gasteiger partial charge in [0.05, 0.1) is 0 Å². The molecule has 1 amide bonds. The Morgan fingerprint density at radius 3 is 2.53 bits per heavy atom. The Balaban J connectivity index is 1.33. The van der Waals surface area contributed by atoms with Crippen molar-refractivity contribution in [3.8, 4) is 17.2 Å². The number of ether oxygens (including phenoxy) is 3. The van der Waals surface area contributed by atoms with E-state index in [0.29, 0.717) is 28.7 Å². The van der Waals surface area contributed by atoms with Gasteiger partial charge in [-0.1, -0.05) is 0 Å². The van der Waals surface area contributed by atoms with E-state index in [9.17, 15) is 4.79 Å². The highest BCUT2D eigenvalue weighted by atomic mass is 16.7. The average molecular weight is 408 g/mol. The van der Waals surface area contributed by atoms with Crippen LogP contribution in [0.25, 0.3) is 0 Å². The number of amides is 1. The highest BCUT2D eigenvalue weighted by Crippen LogP contribution is 2.35. The summed E-state index contributed by atoms with van der Waals surface area (Å²) in [5, 5.41) is 2.85. The summed E-state index contributed by atoms with van der Waals surface area (Å²) >= 11 is 0. The molecule has 0 saturated heterocycles. The fourth-order valence-corrected chi connectivity index (χ4v) is 3.24. The third-order valence-electron chi connectivity index (χ3n) is 4.86. The van der Waals surface area contributed by atoms with Gasteiger partial charge in [0.25, 0.3) is 5.91 Å². The van der Waals surface area contributed by atoms with Gasteiger partial charge in [0, 0.05) is 30.5 Å². The van der Waals surface area contributed by atoms with E-state index in [2.05, 4.69) is 24.1 Å². The van der Waals surface area contributed by atoms with Crippen molar-refractivity contribution < 1.29 is 23.4 Å². The van der Waals surface area contributed by atoms with Crippen LogP contribution < -0.4 is 24.4 Å². The first-order chi connectivity index (χ1) is 14.7. The third kappa shape index (κ3) is 4.35. The Morgan fingerprint density at radius 1 is 1.00 bits per heavy atom. The van der Waals surface area contributed by atoms with Crippen molar-refractivity contribution in [1.82, 2.24) is 0 Å². The quantitative estimate of drug-likeness (QED) is 0.583. The first-order valence-electron chi connectivity index (χ1n) is 9.93. The molecule has 0 fully saturated rings. The van der Waals surface area contributed by atoms with Crippen LogP contribution in [0.15, 0.2) is 59.0 Å². The summed E-state index contributed by atoms with van der Waals surface area (Å²) in [6, 6.07) is 16.5. The molecule has 1 aliphatic heterocycles. The van der Waals surface area contributed by atoms with Gasteiger partial charge >= 0.3 is 0 Å². The topological polar surface area (TPSA) is 73.2 Å². The van der Waals surface area contributed by atoms with Crippen LogP contribution >= 0.6 is 0 Å². The molecule has 1 aromatic heterocycles. The molecule has 30 heavy (non-hydrogen) atoms. The zero-order valence-electron chi connectivity index (χ0n) is 17.0. The van der Waals surface area contributed by atoms with Gasteiger partial charge in [-0.25, -0.2) is 0 Å². The minimum atomic E-state index is -0.306. The third-order valence-corrected chi connectivity index (χ3v) is 4.86. The summed E-state index contributed by atoms with van der Waals surface area (Å²) in [5.41, 5.74) is 1.84. The number of hydrogen-bond donors (Lipinski definition) is 1. The largest absolute Gasteiger partial charge is 0.486 e. The van der Waals surface area contributed by atoms with Crippen LogP contribution in [-0.4, -0.2) is 25.8 Å². The molecule has 2 heterocycles. The van der Waals surface area contributed by atoms with Gasteiger partial charge in [-0.05, 0) is 62.4 Å². The monoisotopic (exact) mass is 408 g/mol. The molecular formula is C23H24N2O5. The van der Waals surface area contributed by atoms with Crippen LogP contribution in [0, 0.1) is 0 Å². The molecule has 0 aliphatic carbocycles. The first kappa shape index (κ1) is 19.7. The molecule has 0 saturated carbocycles. The summed E-state index contributed by atoms with van der Waals surface area (Å²) in [5.74, 6) is 2.46. The number of rotatable bonds is 8. The number of furan rings is 1. The summed E-state index contributed by atoms with van der Waals surface area (Å²) < 4.78 is 22.0. The number of carbonyl (C=O) groups is 1. The predicted molar refractivity (Wildman–Crippen MR) is 114 cm³/mol. The minimum Gasteiger partial charge on any atom is -0.486 e. The van der Waals surface area contributed by atoms with Crippen molar-refractivity contribution >= 4 is 17.3 Å². The molecule has 4 rings (SSSR count). The van der Waals surface area contributed by atoms with E-state index in [1.165, 1.54) is 0 Å². The van der Waals surface area contributed by atoms with Crippen molar-refractivity contribution in [2.45, 2.75) is 20.5 Å². The van der Waals surface area contributed by atoms with Crippen LogP contribution in [0.5, 0.6) is 17.2 Å². The highest BCUT2D eigenvalue weighted by Gasteiger charge is 2.15. The molecular weight excluding hydrogens is 384 g/mol. The predicted octanol–water partition coefficient (Wildman–Crippen LogP) is 4.69. The number of carbonyl (C=O) groups excluding carboxylic acids is 1. The van der Waals surface area contributed by atoms with Crippen LogP contribution in [0.1, 0.15) is 30.2 Å².